The first-order valence-electron chi connectivity index (χ1n) is 8.94. The number of hydrogen-bond acceptors (Lipinski definition) is 4. The predicted molar refractivity (Wildman–Crippen MR) is 109 cm³/mol. The third-order valence-electron chi connectivity index (χ3n) is 4.69. The van der Waals surface area contributed by atoms with Crippen LogP contribution in [0.1, 0.15) is 28.4 Å². The standard InChI is InChI=1S/C23H21N3O/c1-15-4-3-5-19(14-15)26-21(18-10-12-24-13-11-18)20-9-8-17-7-6-16(2)25-22(17)23(20)27/h3-14,21,26-27H,1-2H3. The lowest BCUT2D eigenvalue weighted by atomic mass is 9.96. The number of nitrogens with zero attached hydrogens (tertiary/aromatic N) is 2. The lowest BCUT2D eigenvalue weighted by molar-refractivity contribution is 0.471. The fourth-order valence-corrected chi connectivity index (χ4v) is 3.32. The lowest BCUT2D eigenvalue weighted by Gasteiger charge is -2.22. The average Bonchev–Trinajstić information content (AvgIpc) is 2.68. The minimum atomic E-state index is -0.221. The Kier molecular flexibility index (Phi) is 4.47. The number of aryl methyl sites for hydroxylation is 2. The summed E-state index contributed by atoms with van der Waals surface area (Å²) in [4.78, 5) is 8.67. The monoisotopic (exact) mass is 355 g/mol. The van der Waals surface area contributed by atoms with Gasteiger partial charge < -0.3 is 10.4 Å². The zero-order valence-corrected chi connectivity index (χ0v) is 15.3. The number of hydrogen-bond donors (Lipinski definition) is 2. The molecule has 0 aliphatic heterocycles. The zero-order chi connectivity index (χ0) is 18.8. The average molecular weight is 355 g/mol. The second-order valence-corrected chi connectivity index (χ2v) is 6.76. The van der Waals surface area contributed by atoms with Crippen LogP contribution in [0.2, 0.25) is 0 Å². The summed E-state index contributed by atoms with van der Waals surface area (Å²) in [6.45, 7) is 3.99. The molecule has 2 aromatic heterocycles. The molecule has 0 spiro atoms. The number of aromatic nitrogens is 2. The number of phenols is 1. The van der Waals surface area contributed by atoms with Crippen LogP contribution < -0.4 is 5.32 Å². The fraction of sp³-hybridized carbons (Fsp3) is 0.130. The quantitative estimate of drug-likeness (QED) is 0.531. The van der Waals surface area contributed by atoms with Crippen LogP contribution in [0, 0.1) is 13.8 Å². The van der Waals surface area contributed by atoms with Gasteiger partial charge >= 0.3 is 0 Å². The van der Waals surface area contributed by atoms with Crippen molar-refractivity contribution in [3.05, 3.63) is 95.4 Å². The van der Waals surface area contributed by atoms with Crippen molar-refractivity contribution in [2.45, 2.75) is 19.9 Å². The minimum Gasteiger partial charge on any atom is -0.505 e. The number of benzene rings is 2. The van der Waals surface area contributed by atoms with Crippen molar-refractivity contribution < 1.29 is 5.11 Å². The molecule has 134 valence electrons. The molecular formula is C23H21N3O. The van der Waals surface area contributed by atoms with Crippen molar-refractivity contribution in [3.8, 4) is 5.75 Å². The first kappa shape index (κ1) is 17.0. The van der Waals surface area contributed by atoms with Crippen LogP contribution in [0.3, 0.4) is 0 Å². The van der Waals surface area contributed by atoms with Gasteiger partial charge in [-0.3, -0.25) is 4.98 Å². The molecule has 4 aromatic rings. The molecule has 0 saturated carbocycles. The van der Waals surface area contributed by atoms with Gasteiger partial charge in [0.15, 0.2) is 0 Å². The summed E-state index contributed by atoms with van der Waals surface area (Å²) < 4.78 is 0. The predicted octanol–water partition coefficient (Wildman–Crippen LogP) is 5.15. The van der Waals surface area contributed by atoms with Gasteiger partial charge in [0.2, 0.25) is 0 Å². The van der Waals surface area contributed by atoms with Crippen LogP contribution in [0.5, 0.6) is 5.75 Å². The van der Waals surface area contributed by atoms with Gasteiger partial charge in [0, 0.05) is 34.7 Å². The zero-order valence-electron chi connectivity index (χ0n) is 15.3. The van der Waals surface area contributed by atoms with Gasteiger partial charge in [-0.25, -0.2) is 4.98 Å². The van der Waals surface area contributed by atoms with Crippen LogP contribution in [0.15, 0.2) is 73.1 Å². The SMILES string of the molecule is Cc1cccc(NC(c2ccncc2)c2ccc3ccc(C)nc3c2O)c1. The molecule has 4 rings (SSSR count). The van der Waals surface area contributed by atoms with Crippen molar-refractivity contribution in [1.29, 1.82) is 0 Å². The summed E-state index contributed by atoms with van der Waals surface area (Å²) in [5.41, 5.74) is 5.48. The number of fused-ring (bicyclic) bond motifs is 1. The number of aromatic hydroxyl groups is 1. The minimum absolute atomic E-state index is 0.207. The van der Waals surface area contributed by atoms with Crippen LogP contribution >= 0.6 is 0 Å². The van der Waals surface area contributed by atoms with E-state index in [-0.39, 0.29) is 11.8 Å². The van der Waals surface area contributed by atoms with Gasteiger partial charge in [-0.2, -0.15) is 0 Å². The highest BCUT2D eigenvalue weighted by Crippen LogP contribution is 2.36. The third-order valence-corrected chi connectivity index (χ3v) is 4.69. The van der Waals surface area contributed by atoms with Gasteiger partial charge in [0.1, 0.15) is 11.3 Å². The molecule has 27 heavy (non-hydrogen) atoms. The van der Waals surface area contributed by atoms with Crippen molar-refractivity contribution in [2.75, 3.05) is 5.32 Å². The van der Waals surface area contributed by atoms with Crippen molar-refractivity contribution in [2.24, 2.45) is 0 Å². The maximum atomic E-state index is 11.0. The molecule has 4 nitrogen and oxygen atoms in total. The summed E-state index contributed by atoms with van der Waals surface area (Å²) in [7, 11) is 0. The molecule has 1 unspecified atom stereocenters. The summed E-state index contributed by atoms with van der Waals surface area (Å²) in [6, 6.07) is 19.8. The number of rotatable bonds is 4. The smallest absolute Gasteiger partial charge is 0.147 e. The van der Waals surface area contributed by atoms with E-state index in [0.717, 1.165) is 27.9 Å². The molecule has 0 radical (unpaired) electrons. The van der Waals surface area contributed by atoms with E-state index in [4.69, 9.17) is 0 Å². The van der Waals surface area contributed by atoms with Gasteiger partial charge in [0.05, 0.1) is 6.04 Å². The number of phenolic OH excluding ortho intramolecular Hbond substituents is 1. The third kappa shape index (κ3) is 3.47. The molecule has 1 atom stereocenters. The Morgan fingerprint density at radius 3 is 2.48 bits per heavy atom. The van der Waals surface area contributed by atoms with Crippen molar-refractivity contribution in [3.63, 3.8) is 0 Å². The normalized spacial score (nSPS) is 12.1. The molecule has 2 N–H and O–H groups in total. The van der Waals surface area contributed by atoms with E-state index < -0.39 is 0 Å². The van der Waals surface area contributed by atoms with Gasteiger partial charge in [-0.1, -0.05) is 30.3 Å². The second kappa shape index (κ2) is 7.08. The highest BCUT2D eigenvalue weighted by molar-refractivity contribution is 5.86. The Morgan fingerprint density at radius 2 is 1.70 bits per heavy atom. The van der Waals surface area contributed by atoms with E-state index in [2.05, 4.69) is 34.3 Å². The molecule has 2 aromatic carbocycles. The Labute approximate surface area is 158 Å². The first-order valence-corrected chi connectivity index (χ1v) is 8.94. The van der Waals surface area contributed by atoms with E-state index >= 15 is 0 Å². The maximum absolute atomic E-state index is 11.0. The molecule has 0 fully saturated rings. The van der Waals surface area contributed by atoms with E-state index in [1.54, 1.807) is 12.4 Å². The first-order chi connectivity index (χ1) is 13.1. The molecule has 0 amide bonds. The fourth-order valence-electron chi connectivity index (χ4n) is 3.32. The highest BCUT2D eigenvalue weighted by Gasteiger charge is 2.20. The summed E-state index contributed by atoms with van der Waals surface area (Å²) in [6.07, 6.45) is 3.53. The topological polar surface area (TPSA) is 58.0 Å². The molecule has 4 heteroatoms. The number of nitrogens with one attached hydrogen (secondary N) is 1. The number of pyridine rings is 2. The summed E-state index contributed by atoms with van der Waals surface area (Å²) >= 11 is 0. The highest BCUT2D eigenvalue weighted by atomic mass is 16.3. The Bertz CT molecular complexity index is 1090. The molecule has 0 aliphatic rings. The Balaban J connectivity index is 1.86. The molecule has 0 bridgehead atoms. The summed E-state index contributed by atoms with van der Waals surface area (Å²) in [5, 5.41) is 15.5. The Hall–Kier alpha value is -3.40. The second-order valence-electron chi connectivity index (χ2n) is 6.76. The lowest BCUT2D eigenvalue weighted by Crippen LogP contribution is -2.13. The molecule has 2 heterocycles. The van der Waals surface area contributed by atoms with E-state index in [9.17, 15) is 5.11 Å². The van der Waals surface area contributed by atoms with E-state index in [1.165, 1.54) is 5.56 Å². The van der Waals surface area contributed by atoms with E-state index in [1.807, 2.05) is 55.5 Å². The maximum Gasteiger partial charge on any atom is 0.147 e. The van der Waals surface area contributed by atoms with Gasteiger partial charge in [-0.15, -0.1) is 0 Å². The van der Waals surface area contributed by atoms with E-state index in [0.29, 0.717) is 5.52 Å². The van der Waals surface area contributed by atoms with Crippen molar-refractivity contribution >= 4 is 16.6 Å². The van der Waals surface area contributed by atoms with Gasteiger partial charge in [-0.05, 0) is 55.3 Å². The largest absolute Gasteiger partial charge is 0.505 e. The number of anilines is 1. The molecular weight excluding hydrogens is 334 g/mol. The van der Waals surface area contributed by atoms with Crippen molar-refractivity contribution in [1.82, 2.24) is 9.97 Å². The molecule has 0 aliphatic carbocycles. The van der Waals surface area contributed by atoms with Gasteiger partial charge in [0.25, 0.3) is 0 Å². The Morgan fingerprint density at radius 1 is 0.926 bits per heavy atom. The van der Waals surface area contributed by atoms with Crippen LogP contribution in [-0.2, 0) is 0 Å². The molecule has 0 saturated heterocycles. The van der Waals surface area contributed by atoms with Crippen LogP contribution in [-0.4, -0.2) is 15.1 Å². The van der Waals surface area contributed by atoms with Crippen LogP contribution in [0.25, 0.3) is 10.9 Å². The summed E-state index contributed by atoms with van der Waals surface area (Å²) in [5.74, 6) is 0.207. The van der Waals surface area contributed by atoms with Crippen LogP contribution in [0.4, 0.5) is 5.69 Å².